The van der Waals surface area contributed by atoms with Crippen LogP contribution in [0.3, 0.4) is 0 Å². The predicted octanol–water partition coefficient (Wildman–Crippen LogP) is 2.89. The number of benzene rings is 2. The summed E-state index contributed by atoms with van der Waals surface area (Å²) in [5.41, 5.74) is 3.81. The van der Waals surface area contributed by atoms with Crippen LogP contribution in [-0.2, 0) is 11.2 Å². The Kier molecular flexibility index (Phi) is 4.51. The van der Waals surface area contributed by atoms with Crippen molar-refractivity contribution in [2.24, 2.45) is 5.10 Å². The number of hydrogen-bond donors (Lipinski definition) is 1. The summed E-state index contributed by atoms with van der Waals surface area (Å²) in [5, 5.41) is 15.3. The molecule has 0 unspecified atom stereocenters. The maximum Gasteiger partial charge on any atom is 0.247 e. The maximum atomic E-state index is 12.5. The third-order valence-corrected chi connectivity index (χ3v) is 4.19. The third kappa shape index (κ3) is 3.40. The molecule has 2 aromatic rings. The van der Waals surface area contributed by atoms with Crippen molar-refractivity contribution in [1.29, 1.82) is 0 Å². The number of rotatable bonds is 4. The number of aryl methyl sites for hydroxylation is 1. The Balaban J connectivity index is 1.73. The molecule has 0 spiro atoms. The van der Waals surface area contributed by atoms with Crippen molar-refractivity contribution >= 4 is 11.6 Å². The highest BCUT2D eigenvalue weighted by molar-refractivity contribution is 6.02. The molecule has 0 radical (unpaired) electrons. The smallest absolute Gasteiger partial charge is 0.247 e. The quantitative estimate of drug-likeness (QED) is 0.940. The molecule has 1 aliphatic rings. The van der Waals surface area contributed by atoms with Crippen LogP contribution in [0.1, 0.15) is 23.1 Å². The molecule has 5 nitrogen and oxygen atoms in total. The van der Waals surface area contributed by atoms with Gasteiger partial charge < -0.3 is 9.84 Å². The second-order valence-electron chi connectivity index (χ2n) is 5.83. The van der Waals surface area contributed by atoms with Gasteiger partial charge in [-0.3, -0.25) is 4.79 Å². The summed E-state index contributed by atoms with van der Waals surface area (Å²) in [6.45, 7) is 2.56. The van der Waals surface area contributed by atoms with E-state index in [0.29, 0.717) is 19.4 Å². The first-order valence-corrected chi connectivity index (χ1v) is 7.87. The zero-order valence-electron chi connectivity index (χ0n) is 13.8. The van der Waals surface area contributed by atoms with Gasteiger partial charge in [-0.05, 0) is 60.0 Å². The lowest BCUT2D eigenvalue weighted by molar-refractivity contribution is -0.130. The Hall–Kier alpha value is -2.82. The molecule has 1 aliphatic heterocycles. The first-order chi connectivity index (χ1) is 11.6. The average molecular weight is 324 g/mol. The summed E-state index contributed by atoms with van der Waals surface area (Å²) in [7, 11) is 1.62. The lowest BCUT2D eigenvalue weighted by Crippen LogP contribution is -2.25. The molecule has 0 fully saturated rings. The second kappa shape index (κ2) is 6.74. The molecule has 24 heavy (non-hydrogen) atoms. The number of hydrazone groups is 1. The highest BCUT2D eigenvalue weighted by Gasteiger charge is 2.22. The van der Waals surface area contributed by atoms with Crippen LogP contribution >= 0.6 is 0 Å². The van der Waals surface area contributed by atoms with E-state index in [2.05, 4.69) is 5.10 Å². The number of methoxy groups -OCH3 is 1. The van der Waals surface area contributed by atoms with Crippen LogP contribution in [0.15, 0.2) is 47.6 Å². The third-order valence-electron chi connectivity index (χ3n) is 4.19. The lowest BCUT2D eigenvalue weighted by Gasteiger charge is -2.13. The van der Waals surface area contributed by atoms with Crippen molar-refractivity contribution < 1.29 is 14.6 Å². The molecule has 5 heteroatoms. The SMILES string of the molecule is COc1ccc(C)c(CC(=O)N2CCC(c3ccc(O)cc3)=N2)c1. The minimum absolute atomic E-state index is 0.0277. The Morgan fingerprint density at radius 1 is 1.25 bits per heavy atom. The molecule has 0 saturated carbocycles. The Bertz CT molecular complexity index is 782. The predicted molar refractivity (Wildman–Crippen MR) is 92.4 cm³/mol. The van der Waals surface area contributed by atoms with Crippen molar-refractivity contribution in [2.75, 3.05) is 13.7 Å². The summed E-state index contributed by atoms with van der Waals surface area (Å²) in [5.74, 6) is 0.942. The Labute approximate surface area is 141 Å². The topological polar surface area (TPSA) is 62.1 Å². The van der Waals surface area contributed by atoms with Gasteiger partial charge in [-0.25, -0.2) is 5.01 Å². The summed E-state index contributed by atoms with van der Waals surface area (Å²) in [6.07, 6.45) is 1.02. The zero-order valence-corrected chi connectivity index (χ0v) is 13.8. The number of ether oxygens (including phenoxy) is 1. The van der Waals surface area contributed by atoms with E-state index >= 15 is 0 Å². The number of amides is 1. The van der Waals surface area contributed by atoms with Crippen LogP contribution in [0.25, 0.3) is 0 Å². The average Bonchev–Trinajstić information content (AvgIpc) is 3.07. The molecular weight excluding hydrogens is 304 g/mol. The van der Waals surface area contributed by atoms with Crippen molar-refractivity contribution in [3.05, 3.63) is 59.2 Å². The van der Waals surface area contributed by atoms with Gasteiger partial charge in [0.05, 0.1) is 25.8 Å². The molecule has 1 heterocycles. The fourth-order valence-corrected chi connectivity index (χ4v) is 2.71. The minimum Gasteiger partial charge on any atom is -0.508 e. The van der Waals surface area contributed by atoms with Crippen molar-refractivity contribution in [1.82, 2.24) is 5.01 Å². The molecule has 0 aliphatic carbocycles. The van der Waals surface area contributed by atoms with Gasteiger partial charge in [0.1, 0.15) is 11.5 Å². The van der Waals surface area contributed by atoms with Crippen LogP contribution in [0, 0.1) is 6.92 Å². The molecule has 0 saturated heterocycles. The highest BCUT2D eigenvalue weighted by atomic mass is 16.5. The van der Waals surface area contributed by atoms with Crippen LogP contribution in [0.2, 0.25) is 0 Å². The van der Waals surface area contributed by atoms with Gasteiger partial charge in [0.25, 0.3) is 0 Å². The van der Waals surface area contributed by atoms with Crippen LogP contribution in [0.5, 0.6) is 11.5 Å². The summed E-state index contributed by atoms with van der Waals surface area (Å²) < 4.78 is 5.23. The number of hydrogen-bond acceptors (Lipinski definition) is 4. The summed E-state index contributed by atoms with van der Waals surface area (Å²) in [4.78, 5) is 12.5. The van der Waals surface area contributed by atoms with Gasteiger partial charge in [-0.2, -0.15) is 5.10 Å². The number of carbonyl (C=O) groups excluding carboxylic acids is 1. The zero-order chi connectivity index (χ0) is 17.1. The molecule has 1 amide bonds. The number of phenolic OH excluding ortho intramolecular Hbond substituents is 1. The minimum atomic E-state index is -0.0277. The monoisotopic (exact) mass is 324 g/mol. The fraction of sp³-hybridized carbons (Fsp3) is 0.263. The Morgan fingerprint density at radius 2 is 2.00 bits per heavy atom. The van der Waals surface area contributed by atoms with Gasteiger partial charge in [0.2, 0.25) is 5.91 Å². The van der Waals surface area contributed by atoms with E-state index in [-0.39, 0.29) is 11.7 Å². The van der Waals surface area contributed by atoms with Crippen LogP contribution in [0.4, 0.5) is 0 Å². The molecule has 1 N–H and O–H groups in total. The molecular formula is C19H20N2O3. The summed E-state index contributed by atoms with van der Waals surface area (Å²) in [6, 6.07) is 12.6. The molecule has 3 rings (SSSR count). The van der Waals surface area contributed by atoms with Gasteiger partial charge in [0.15, 0.2) is 0 Å². The number of aromatic hydroxyl groups is 1. The van der Waals surface area contributed by atoms with Crippen molar-refractivity contribution in [3.63, 3.8) is 0 Å². The van der Waals surface area contributed by atoms with Gasteiger partial charge in [-0.15, -0.1) is 0 Å². The Morgan fingerprint density at radius 3 is 2.71 bits per heavy atom. The highest BCUT2D eigenvalue weighted by Crippen LogP contribution is 2.20. The van der Waals surface area contributed by atoms with Crippen LogP contribution in [-0.4, -0.2) is 35.4 Å². The van der Waals surface area contributed by atoms with Crippen molar-refractivity contribution in [2.45, 2.75) is 19.8 Å². The summed E-state index contributed by atoms with van der Waals surface area (Å²) >= 11 is 0. The number of nitrogens with zero attached hydrogens (tertiary/aromatic N) is 2. The largest absolute Gasteiger partial charge is 0.508 e. The molecule has 124 valence electrons. The van der Waals surface area contributed by atoms with E-state index < -0.39 is 0 Å². The van der Waals surface area contributed by atoms with Crippen molar-refractivity contribution in [3.8, 4) is 11.5 Å². The number of phenols is 1. The van der Waals surface area contributed by atoms with Gasteiger partial charge >= 0.3 is 0 Å². The lowest BCUT2D eigenvalue weighted by atomic mass is 10.0. The van der Waals surface area contributed by atoms with E-state index in [1.807, 2.05) is 37.3 Å². The van der Waals surface area contributed by atoms with E-state index in [0.717, 1.165) is 28.2 Å². The number of carbonyl (C=O) groups is 1. The van der Waals surface area contributed by atoms with E-state index in [4.69, 9.17) is 4.74 Å². The first kappa shape index (κ1) is 16.1. The molecule has 0 bridgehead atoms. The van der Waals surface area contributed by atoms with Gasteiger partial charge in [0, 0.05) is 6.42 Å². The fourth-order valence-electron chi connectivity index (χ4n) is 2.71. The normalized spacial score (nSPS) is 13.8. The van der Waals surface area contributed by atoms with Crippen LogP contribution < -0.4 is 4.74 Å². The van der Waals surface area contributed by atoms with E-state index in [1.54, 1.807) is 19.2 Å². The van der Waals surface area contributed by atoms with Gasteiger partial charge in [-0.1, -0.05) is 6.07 Å². The molecule has 0 aromatic heterocycles. The standard InChI is InChI=1S/C19H20N2O3/c1-13-3-8-17(24-2)11-15(13)12-19(23)21-10-9-18(20-21)14-4-6-16(22)7-5-14/h3-8,11,22H,9-10,12H2,1-2H3. The van der Waals surface area contributed by atoms with E-state index in [9.17, 15) is 9.90 Å². The second-order valence-corrected chi connectivity index (χ2v) is 5.83. The van der Waals surface area contributed by atoms with E-state index in [1.165, 1.54) is 5.01 Å². The molecule has 2 aromatic carbocycles. The first-order valence-electron chi connectivity index (χ1n) is 7.87. The molecule has 0 atom stereocenters. The maximum absolute atomic E-state index is 12.5.